The molecule has 1 aromatic carbocycles. The number of aryl methyl sites for hydroxylation is 4. The lowest BCUT2D eigenvalue weighted by Crippen LogP contribution is -2.34. The van der Waals surface area contributed by atoms with Crippen LogP contribution in [0.2, 0.25) is 0 Å². The van der Waals surface area contributed by atoms with E-state index in [9.17, 15) is 0 Å². The molecule has 1 aromatic rings. The summed E-state index contributed by atoms with van der Waals surface area (Å²) >= 11 is 0. The van der Waals surface area contributed by atoms with Gasteiger partial charge in [0.05, 0.1) is 0 Å². The minimum Gasteiger partial charge on any atom is -0.314 e. The van der Waals surface area contributed by atoms with Crippen LogP contribution in [0.3, 0.4) is 0 Å². The monoisotopic (exact) mass is 231 g/mol. The molecule has 0 saturated carbocycles. The lowest BCUT2D eigenvalue weighted by atomic mass is 9.94. The predicted molar refractivity (Wildman–Crippen MR) is 74.6 cm³/mol. The topological polar surface area (TPSA) is 12.0 Å². The highest BCUT2D eigenvalue weighted by Crippen LogP contribution is 2.19. The first-order valence-electron chi connectivity index (χ1n) is 6.97. The second-order valence-electron chi connectivity index (χ2n) is 5.55. The maximum atomic E-state index is 3.63. The molecule has 1 saturated heterocycles. The highest BCUT2D eigenvalue weighted by molar-refractivity contribution is 5.36. The number of piperidine rings is 1. The smallest absolute Gasteiger partial charge is 0.00702 e. The van der Waals surface area contributed by atoms with E-state index in [1.807, 2.05) is 0 Å². The molecule has 1 fully saturated rings. The van der Waals surface area contributed by atoms with Crippen molar-refractivity contribution in [2.45, 2.75) is 58.9 Å². The molecule has 17 heavy (non-hydrogen) atoms. The molecule has 1 unspecified atom stereocenters. The Morgan fingerprint density at radius 3 is 2.53 bits per heavy atom. The number of nitrogens with one attached hydrogen (secondary N) is 1. The van der Waals surface area contributed by atoms with Crippen LogP contribution in [0, 0.1) is 20.8 Å². The number of rotatable bonds is 3. The molecule has 2 rings (SSSR count). The van der Waals surface area contributed by atoms with Crippen LogP contribution in [-0.4, -0.2) is 12.6 Å². The SMILES string of the molecule is Cc1cc(C)c(CCC2CCCCN2)cc1C. The lowest BCUT2D eigenvalue weighted by molar-refractivity contribution is 0.382. The van der Waals surface area contributed by atoms with Gasteiger partial charge in [-0.25, -0.2) is 0 Å². The van der Waals surface area contributed by atoms with Crippen LogP contribution in [0.25, 0.3) is 0 Å². The van der Waals surface area contributed by atoms with E-state index in [4.69, 9.17) is 0 Å². The zero-order chi connectivity index (χ0) is 12.3. The van der Waals surface area contributed by atoms with E-state index >= 15 is 0 Å². The average Bonchev–Trinajstić information content (AvgIpc) is 2.33. The van der Waals surface area contributed by atoms with Crippen molar-refractivity contribution < 1.29 is 0 Å². The lowest BCUT2D eigenvalue weighted by Gasteiger charge is -2.23. The van der Waals surface area contributed by atoms with Crippen LogP contribution < -0.4 is 5.32 Å². The molecule has 1 nitrogen and oxygen atoms in total. The fraction of sp³-hybridized carbons (Fsp3) is 0.625. The van der Waals surface area contributed by atoms with E-state index in [1.165, 1.54) is 55.3 Å². The Morgan fingerprint density at radius 2 is 1.82 bits per heavy atom. The third-order valence-electron chi connectivity index (χ3n) is 4.13. The summed E-state index contributed by atoms with van der Waals surface area (Å²) in [6, 6.07) is 5.47. The Balaban J connectivity index is 1.96. The van der Waals surface area contributed by atoms with Gasteiger partial charge >= 0.3 is 0 Å². The van der Waals surface area contributed by atoms with E-state index in [0.29, 0.717) is 0 Å². The van der Waals surface area contributed by atoms with E-state index < -0.39 is 0 Å². The van der Waals surface area contributed by atoms with Gasteiger partial charge in [-0.05, 0) is 75.3 Å². The van der Waals surface area contributed by atoms with E-state index in [0.717, 1.165) is 6.04 Å². The van der Waals surface area contributed by atoms with Gasteiger partial charge in [-0.15, -0.1) is 0 Å². The first-order valence-corrected chi connectivity index (χ1v) is 6.97. The minimum absolute atomic E-state index is 0.754. The predicted octanol–water partition coefficient (Wildman–Crippen LogP) is 3.69. The molecular formula is C16H25N. The van der Waals surface area contributed by atoms with Crippen molar-refractivity contribution in [3.63, 3.8) is 0 Å². The summed E-state index contributed by atoms with van der Waals surface area (Å²) < 4.78 is 0. The van der Waals surface area contributed by atoms with Crippen LogP contribution >= 0.6 is 0 Å². The van der Waals surface area contributed by atoms with Gasteiger partial charge in [-0.3, -0.25) is 0 Å². The van der Waals surface area contributed by atoms with Crippen LogP contribution in [0.5, 0.6) is 0 Å². The van der Waals surface area contributed by atoms with Crippen molar-refractivity contribution in [3.8, 4) is 0 Å². The molecule has 0 aromatic heterocycles. The summed E-state index contributed by atoms with van der Waals surface area (Å²) in [5, 5.41) is 3.63. The van der Waals surface area contributed by atoms with E-state index in [-0.39, 0.29) is 0 Å². The number of benzene rings is 1. The van der Waals surface area contributed by atoms with Crippen molar-refractivity contribution in [3.05, 3.63) is 34.4 Å². The maximum absolute atomic E-state index is 3.63. The van der Waals surface area contributed by atoms with Gasteiger partial charge in [0.25, 0.3) is 0 Å². The average molecular weight is 231 g/mol. The van der Waals surface area contributed by atoms with E-state index in [2.05, 4.69) is 38.2 Å². The molecule has 0 aliphatic carbocycles. The van der Waals surface area contributed by atoms with Crippen molar-refractivity contribution in [1.29, 1.82) is 0 Å². The van der Waals surface area contributed by atoms with Crippen molar-refractivity contribution in [1.82, 2.24) is 5.32 Å². The molecule has 1 atom stereocenters. The van der Waals surface area contributed by atoms with Crippen molar-refractivity contribution >= 4 is 0 Å². The summed E-state index contributed by atoms with van der Waals surface area (Å²) in [6.45, 7) is 7.89. The third kappa shape index (κ3) is 3.32. The second kappa shape index (κ2) is 5.68. The number of hydrogen-bond donors (Lipinski definition) is 1. The van der Waals surface area contributed by atoms with Crippen molar-refractivity contribution in [2.75, 3.05) is 6.54 Å². The zero-order valence-electron chi connectivity index (χ0n) is 11.5. The first-order chi connectivity index (χ1) is 8.16. The Bertz CT molecular complexity index is 375. The van der Waals surface area contributed by atoms with Gasteiger partial charge in [0.1, 0.15) is 0 Å². The molecule has 1 aliphatic heterocycles. The largest absolute Gasteiger partial charge is 0.314 e. The standard InChI is InChI=1S/C16H25N/c1-12-10-14(3)15(11-13(12)2)7-8-16-6-4-5-9-17-16/h10-11,16-17H,4-9H2,1-3H3. The zero-order valence-corrected chi connectivity index (χ0v) is 11.5. The van der Waals surface area contributed by atoms with Crippen LogP contribution in [0.4, 0.5) is 0 Å². The van der Waals surface area contributed by atoms with Crippen LogP contribution in [0.15, 0.2) is 12.1 Å². The highest BCUT2D eigenvalue weighted by Gasteiger charge is 2.12. The molecule has 0 radical (unpaired) electrons. The molecular weight excluding hydrogens is 206 g/mol. The fourth-order valence-electron chi connectivity index (χ4n) is 2.79. The summed E-state index contributed by atoms with van der Waals surface area (Å²) in [5.41, 5.74) is 5.86. The van der Waals surface area contributed by atoms with Crippen molar-refractivity contribution in [2.24, 2.45) is 0 Å². The molecule has 0 amide bonds. The number of hydrogen-bond acceptors (Lipinski definition) is 1. The van der Waals surface area contributed by atoms with Crippen LogP contribution in [0.1, 0.15) is 47.9 Å². The van der Waals surface area contributed by atoms with Gasteiger partial charge in [0.15, 0.2) is 0 Å². The third-order valence-corrected chi connectivity index (χ3v) is 4.13. The Morgan fingerprint density at radius 1 is 1.06 bits per heavy atom. The van der Waals surface area contributed by atoms with E-state index in [1.54, 1.807) is 5.56 Å². The highest BCUT2D eigenvalue weighted by atomic mass is 14.9. The van der Waals surface area contributed by atoms with Gasteiger partial charge < -0.3 is 5.32 Å². The Hall–Kier alpha value is -0.820. The normalized spacial score (nSPS) is 20.5. The first kappa shape index (κ1) is 12.6. The minimum atomic E-state index is 0.754. The summed E-state index contributed by atoms with van der Waals surface area (Å²) in [7, 11) is 0. The summed E-state index contributed by atoms with van der Waals surface area (Å²) in [6.07, 6.45) is 6.65. The molecule has 0 bridgehead atoms. The van der Waals surface area contributed by atoms with Gasteiger partial charge in [0, 0.05) is 6.04 Å². The molecule has 0 spiro atoms. The summed E-state index contributed by atoms with van der Waals surface area (Å²) in [4.78, 5) is 0. The second-order valence-corrected chi connectivity index (χ2v) is 5.55. The molecule has 1 N–H and O–H groups in total. The quantitative estimate of drug-likeness (QED) is 0.836. The molecule has 1 heteroatoms. The van der Waals surface area contributed by atoms with Gasteiger partial charge in [-0.1, -0.05) is 18.6 Å². The molecule has 1 heterocycles. The summed E-state index contributed by atoms with van der Waals surface area (Å²) in [5.74, 6) is 0. The fourth-order valence-corrected chi connectivity index (χ4v) is 2.79. The maximum Gasteiger partial charge on any atom is 0.00702 e. The Labute approximate surface area is 106 Å². The van der Waals surface area contributed by atoms with Gasteiger partial charge in [0.2, 0.25) is 0 Å². The Kier molecular flexibility index (Phi) is 4.22. The molecule has 1 aliphatic rings. The van der Waals surface area contributed by atoms with Gasteiger partial charge in [-0.2, -0.15) is 0 Å². The van der Waals surface area contributed by atoms with Crippen LogP contribution in [-0.2, 0) is 6.42 Å². The molecule has 94 valence electrons.